The number of ether oxygens (including phenoxy) is 1. The number of anilines is 1. The summed E-state index contributed by atoms with van der Waals surface area (Å²) in [4.78, 5) is 23.5. The van der Waals surface area contributed by atoms with Gasteiger partial charge in [-0.3, -0.25) is 4.79 Å². The Kier molecular flexibility index (Phi) is 5.30. The number of fused-ring (bicyclic) bond motifs is 2. The fourth-order valence-corrected chi connectivity index (χ4v) is 4.95. The van der Waals surface area contributed by atoms with Gasteiger partial charge in [0.05, 0.1) is 12.7 Å². The summed E-state index contributed by atoms with van der Waals surface area (Å²) in [5.41, 5.74) is 8.13. The van der Waals surface area contributed by atoms with Crippen LogP contribution in [0.4, 0.5) is 10.1 Å². The van der Waals surface area contributed by atoms with Crippen molar-refractivity contribution in [3.63, 3.8) is 0 Å². The molecule has 1 amide bonds. The first-order valence-electron chi connectivity index (χ1n) is 10.3. The lowest BCUT2D eigenvalue weighted by molar-refractivity contribution is 0.0996. The normalized spacial score (nSPS) is 19.4. The largest absolute Gasteiger partial charge is 0.496 e. The van der Waals surface area contributed by atoms with Gasteiger partial charge in [0, 0.05) is 52.7 Å². The smallest absolute Gasteiger partial charge is 0.268 e. The van der Waals surface area contributed by atoms with Crippen molar-refractivity contribution < 1.29 is 13.9 Å². The first-order chi connectivity index (χ1) is 15.5. The lowest BCUT2D eigenvalue weighted by atomic mass is 10.0. The van der Waals surface area contributed by atoms with Crippen LogP contribution in [-0.4, -0.2) is 48.2 Å². The van der Waals surface area contributed by atoms with Crippen molar-refractivity contribution in [2.24, 2.45) is 5.73 Å². The molecule has 3 aromatic rings. The van der Waals surface area contributed by atoms with Crippen molar-refractivity contribution in [3.05, 3.63) is 58.6 Å². The van der Waals surface area contributed by atoms with Crippen LogP contribution in [0.1, 0.15) is 16.9 Å². The van der Waals surface area contributed by atoms with Crippen LogP contribution in [0.5, 0.6) is 5.75 Å². The number of methoxy groups -OCH3 is 1. The number of carbonyl (C=O) groups excluding carboxylic acids is 1. The van der Waals surface area contributed by atoms with Gasteiger partial charge in [-0.25, -0.2) is 14.4 Å². The van der Waals surface area contributed by atoms with Crippen LogP contribution >= 0.6 is 15.9 Å². The molecular formula is C23H21BrFN5O2. The molecule has 2 fully saturated rings. The van der Waals surface area contributed by atoms with Crippen LogP contribution in [0.3, 0.4) is 0 Å². The molecule has 2 aliphatic rings. The monoisotopic (exact) mass is 497 g/mol. The number of nitrogens with two attached hydrogens (primary N) is 1. The fraction of sp³-hybridized carbons (Fsp3) is 0.261. The number of rotatable bonds is 5. The number of hydrogen-bond acceptors (Lipinski definition) is 6. The zero-order valence-corrected chi connectivity index (χ0v) is 18.9. The van der Waals surface area contributed by atoms with Crippen molar-refractivity contribution >= 4 is 27.5 Å². The topological polar surface area (TPSA) is 93.4 Å². The van der Waals surface area contributed by atoms with E-state index >= 15 is 0 Å². The van der Waals surface area contributed by atoms with E-state index in [9.17, 15) is 9.18 Å². The second-order valence-electron chi connectivity index (χ2n) is 7.95. The van der Waals surface area contributed by atoms with E-state index in [1.165, 1.54) is 25.4 Å². The minimum absolute atomic E-state index is 0.0337. The Bertz CT molecular complexity index is 1220. The van der Waals surface area contributed by atoms with Crippen LogP contribution in [-0.2, 0) is 0 Å². The molecule has 0 aliphatic carbocycles. The Morgan fingerprint density at radius 1 is 1.31 bits per heavy atom. The van der Waals surface area contributed by atoms with E-state index in [4.69, 9.17) is 10.5 Å². The second kappa shape index (κ2) is 8.14. The molecule has 2 bridgehead atoms. The van der Waals surface area contributed by atoms with Gasteiger partial charge in [0.25, 0.3) is 5.91 Å². The Morgan fingerprint density at radius 2 is 2.16 bits per heavy atom. The summed E-state index contributed by atoms with van der Waals surface area (Å²) >= 11 is 3.56. The number of nitrogens with one attached hydrogen (secondary N) is 1. The van der Waals surface area contributed by atoms with E-state index in [2.05, 4.69) is 36.1 Å². The predicted octanol–water partition coefficient (Wildman–Crippen LogP) is 3.37. The number of hydrogen-bond donors (Lipinski definition) is 2. The number of primary amides is 1. The zero-order chi connectivity index (χ0) is 22.4. The molecule has 1 aromatic heterocycles. The summed E-state index contributed by atoms with van der Waals surface area (Å²) in [6, 6.07) is 11.1. The molecule has 0 spiro atoms. The van der Waals surface area contributed by atoms with E-state index in [0.717, 1.165) is 35.2 Å². The summed E-state index contributed by atoms with van der Waals surface area (Å²) in [6.45, 7) is 1.80. The Labute approximate surface area is 192 Å². The van der Waals surface area contributed by atoms with Gasteiger partial charge in [0.15, 0.2) is 5.82 Å². The predicted molar refractivity (Wildman–Crippen MR) is 123 cm³/mol. The summed E-state index contributed by atoms with van der Waals surface area (Å²) in [6.07, 6.45) is 2.62. The summed E-state index contributed by atoms with van der Waals surface area (Å²) in [5, 5.41) is 3.50. The van der Waals surface area contributed by atoms with Gasteiger partial charge in [0.2, 0.25) is 0 Å². The van der Waals surface area contributed by atoms with Crippen LogP contribution in [0.2, 0.25) is 0 Å². The number of nitrogens with zero attached hydrogens (tertiary/aromatic N) is 3. The molecule has 2 atom stereocenters. The molecule has 0 saturated carbocycles. The Balaban J connectivity index is 1.65. The number of benzene rings is 2. The molecular weight excluding hydrogens is 477 g/mol. The van der Waals surface area contributed by atoms with Crippen molar-refractivity contribution in [1.29, 1.82) is 0 Å². The third-order valence-electron chi connectivity index (χ3n) is 6.06. The molecule has 3 heterocycles. The molecule has 3 N–H and O–H groups in total. The molecule has 7 nitrogen and oxygen atoms in total. The third kappa shape index (κ3) is 3.51. The average Bonchev–Trinajstić information content (AvgIpc) is 3.42. The number of halogens is 2. The fourth-order valence-electron chi connectivity index (χ4n) is 4.60. The van der Waals surface area contributed by atoms with Crippen molar-refractivity contribution in [2.75, 3.05) is 25.1 Å². The highest BCUT2D eigenvalue weighted by Crippen LogP contribution is 2.40. The summed E-state index contributed by atoms with van der Waals surface area (Å²) in [7, 11) is 1.44. The molecule has 5 rings (SSSR count). The molecule has 9 heteroatoms. The van der Waals surface area contributed by atoms with Crippen molar-refractivity contribution in [1.82, 2.24) is 15.3 Å². The number of piperazine rings is 1. The highest BCUT2D eigenvalue weighted by atomic mass is 79.9. The number of amides is 1. The number of aromatic nitrogens is 2. The molecule has 2 aliphatic heterocycles. The van der Waals surface area contributed by atoms with Crippen LogP contribution in [0, 0.1) is 5.82 Å². The van der Waals surface area contributed by atoms with Crippen LogP contribution in [0.15, 0.2) is 47.1 Å². The standard InChI is InChI=1S/C23H21BrFN5O2/c1-32-19-4-2-3-17(25)20(19)23-28-10-16(21(29-23)22(26)31)15-6-5-12(24)7-18(15)30-11-13-8-14(30)9-27-13/h2-7,10,13-14,27H,8-9,11H2,1H3,(H2,26,31)/t13-,14-/m0/s1. The molecule has 0 radical (unpaired) electrons. The Morgan fingerprint density at radius 3 is 2.84 bits per heavy atom. The van der Waals surface area contributed by atoms with Gasteiger partial charge in [-0.15, -0.1) is 0 Å². The quantitative estimate of drug-likeness (QED) is 0.561. The van der Waals surface area contributed by atoms with Gasteiger partial charge in [-0.2, -0.15) is 0 Å². The average molecular weight is 498 g/mol. The van der Waals surface area contributed by atoms with Crippen molar-refractivity contribution in [2.45, 2.75) is 18.5 Å². The molecule has 2 aromatic carbocycles. The van der Waals surface area contributed by atoms with Gasteiger partial charge < -0.3 is 20.7 Å². The van der Waals surface area contributed by atoms with E-state index in [0.29, 0.717) is 17.6 Å². The maximum absolute atomic E-state index is 14.6. The van der Waals surface area contributed by atoms with E-state index in [1.807, 2.05) is 18.2 Å². The van der Waals surface area contributed by atoms with E-state index < -0.39 is 11.7 Å². The maximum atomic E-state index is 14.6. The highest BCUT2D eigenvalue weighted by molar-refractivity contribution is 9.10. The van der Waals surface area contributed by atoms with Crippen LogP contribution < -0.4 is 20.7 Å². The minimum Gasteiger partial charge on any atom is -0.496 e. The lowest BCUT2D eigenvalue weighted by Gasteiger charge is -2.31. The number of carbonyl (C=O) groups is 1. The molecule has 164 valence electrons. The SMILES string of the molecule is COc1cccc(F)c1-c1ncc(-c2ccc(Br)cc2N2C[C@@H]3C[C@H]2CN3)c(C(N)=O)n1. The first kappa shape index (κ1) is 20.8. The summed E-state index contributed by atoms with van der Waals surface area (Å²) in [5.74, 6) is -0.937. The molecule has 32 heavy (non-hydrogen) atoms. The van der Waals surface area contributed by atoms with Crippen LogP contribution in [0.25, 0.3) is 22.5 Å². The first-order valence-corrected chi connectivity index (χ1v) is 11.0. The van der Waals surface area contributed by atoms with Gasteiger partial charge in [0.1, 0.15) is 17.3 Å². The van der Waals surface area contributed by atoms with Crippen molar-refractivity contribution in [3.8, 4) is 28.3 Å². The van der Waals surface area contributed by atoms with E-state index in [1.54, 1.807) is 6.07 Å². The third-order valence-corrected chi connectivity index (χ3v) is 6.55. The maximum Gasteiger partial charge on any atom is 0.268 e. The van der Waals surface area contributed by atoms with Gasteiger partial charge >= 0.3 is 0 Å². The summed E-state index contributed by atoms with van der Waals surface area (Å²) < 4.78 is 20.8. The highest BCUT2D eigenvalue weighted by Gasteiger charge is 2.38. The van der Waals surface area contributed by atoms with E-state index in [-0.39, 0.29) is 22.8 Å². The van der Waals surface area contributed by atoms with Gasteiger partial charge in [-0.1, -0.05) is 28.1 Å². The molecule has 2 saturated heterocycles. The van der Waals surface area contributed by atoms with Gasteiger partial charge in [-0.05, 0) is 30.7 Å². The zero-order valence-electron chi connectivity index (χ0n) is 17.3. The molecule has 0 unspecified atom stereocenters. The second-order valence-corrected chi connectivity index (χ2v) is 8.86. The Hall–Kier alpha value is -3.04. The lowest BCUT2D eigenvalue weighted by Crippen LogP contribution is -2.43. The minimum atomic E-state index is -0.711.